The number of hydrogen-bond acceptors (Lipinski definition) is 4. The van der Waals surface area contributed by atoms with E-state index in [2.05, 4.69) is 5.32 Å². The first kappa shape index (κ1) is 13.4. The minimum absolute atomic E-state index is 0.200. The zero-order chi connectivity index (χ0) is 11.0. The number of nitrogens with one attached hydrogen (secondary N) is 1. The lowest BCUT2D eigenvalue weighted by Gasteiger charge is -2.17. The van der Waals surface area contributed by atoms with Crippen molar-refractivity contribution in [1.82, 2.24) is 5.32 Å². The van der Waals surface area contributed by atoms with E-state index in [9.17, 15) is 4.79 Å². The summed E-state index contributed by atoms with van der Waals surface area (Å²) in [7, 11) is 0. The van der Waals surface area contributed by atoms with Crippen LogP contribution in [0.25, 0.3) is 0 Å². The van der Waals surface area contributed by atoms with Crippen molar-refractivity contribution in [3.05, 3.63) is 0 Å². The summed E-state index contributed by atoms with van der Waals surface area (Å²) in [5, 5.41) is 2.64. The van der Waals surface area contributed by atoms with Crippen LogP contribution in [0, 0.1) is 0 Å². The highest BCUT2D eigenvalue weighted by atomic mass is 16.7. The van der Waals surface area contributed by atoms with E-state index in [1.165, 1.54) is 0 Å². The van der Waals surface area contributed by atoms with Crippen molar-refractivity contribution in [3.8, 4) is 0 Å². The van der Waals surface area contributed by atoms with Crippen molar-refractivity contribution in [2.24, 2.45) is 5.73 Å². The minimum Gasteiger partial charge on any atom is -0.351 e. The minimum atomic E-state index is -0.501. The molecular formula is C9H20N2O3. The molecule has 1 atom stereocenters. The summed E-state index contributed by atoms with van der Waals surface area (Å²) in [5.41, 5.74) is 5.38. The second kappa shape index (κ2) is 7.73. The number of hydrogen-bond donors (Lipinski definition) is 2. The lowest BCUT2D eigenvalue weighted by atomic mass is 10.3. The topological polar surface area (TPSA) is 73.6 Å². The molecular weight excluding hydrogens is 184 g/mol. The van der Waals surface area contributed by atoms with Crippen LogP contribution in [0.15, 0.2) is 0 Å². The van der Waals surface area contributed by atoms with Crippen LogP contribution in [0.1, 0.15) is 20.8 Å². The summed E-state index contributed by atoms with van der Waals surface area (Å²) in [5.74, 6) is -0.200. The third kappa shape index (κ3) is 5.90. The lowest BCUT2D eigenvalue weighted by molar-refractivity contribution is -0.140. The zero-order valence-corrected chi connectivity index (χ0v) is 9.08. The fourth-order valence-electron chi connectivity index (χ4n) is 0.883. The van der Waals surface area contributed by atoms with Crippen molar-refractivity contribution in [1.29, 1.82) is 0 Å². The first-order valence-electron chi connectivity index (χ1n) is 4.88. The molecule has 0 radical (unpaired) electrons. The Hall–Kier alpha value is -0.650. The summed E-state index contributed by atoms with van der Waals surface area (Å²) < 4.78 is 10.5. The Labute approximate surface area is 84.9 Å². The number of amides is 1. The summed E-state index contributed by atoms with van der Waals surface area (Å²) in [4.78, 5) is 11.1. The van der Waals surface area contributed by atoms with E-state index in [0.717, 1.165) is 0 Å². The molecule has 0 saturated heterocycles. The predicted molar refractivity (Wildman–Crippen MR) is 53.7 cm³/mol. The molecule has 5 nitrogen and oxygen atoms in total. The number of carbonyl (C=O) groups excluding carboxylic acids is 1. The molecule has 1 amide bonds. The highest BCUT2D eigenvalue weighted by molar-refractivity contribution is 5.80. The SMILES string of the molecule is CCOC(CNC(=O)[C@@H](C)N)OCC. The van der Waals surface area contributed by atoms with Crippen LogP contribution < -0.4 is 11.1 Å². The van der Waals surface area contributed by atoms with Gasteiger partial charge in [-0.1, -0.05) is 0 Å². The maximum absolute atomic E-state index is 11.1. The van der Waals surface area contributed by atoms with E-state index < -0.39 is 6.04 Å². The average molecular weight is 204 g/mol. The van der Waals surface area contributed by atoms with Crippen LogP contribution in [-0.2, 0) is 14.3 Å². The maximum Gasteiger partial charge on any atom is 0.236 e. The predicted octanol–water partition coefficient (Wildman–Crippen LogP) is -0.151. The van der Waals surface area contributed by atoms with Gasteiger partial charge in [0, 0.05) is 13.2 Å². The number of nitrogens with two attached hydrogens (primary N) is 1. The molecule has 0 rings (SSSR count). The largest absolute Gasteiger partial charge is 0.351 e. The van der Waals surface area contributed by atoms with Gasteiger partial charge >= 0.3 is 0 Å². The molecule has 0 bridgehead atoms. The molecule has 0 spiro atoms. The summed E-state index contributed by atoms with van der Waals surface area (Å²) >= 11 is 0. The molecule has 3 N–H and O–H groups in total. The number of rotatable bonds is 7. The first-order chi connectivity index (χ1) is 6.61. The van der Waals surface area contributed by atoms with E-state index in [4.69, 9.17) is 15.2 Å². The van der Waals surface area contributed by atoms with Crippen molar-refractivity contribution < 1.29 is 14.3 Å². The van der Waals surface area contributed by atoms with Gasteiger partial charge in [-0.2, -0.15) is 0 Å². The quantitative estimate of drug-likeness (QED) is 0.566. The number of carbonyl (C=O) groups is 1. The maximum atomic E-state index is 11.1. The standard InChI is InChI=1S/C9H20N2O3/c1-4-13-8(14-5-2)6-11-9(12)7(3)10/h7-8H,4-6,10H2,1-3H3,(H,11,12)/t7-/m1/s1. The molecule has 14 heavy (non-hydrogen) atoms. The summed E-state index contributed by atoms with van der Waals surface area (Å²) in [6.45, 7) is 6.82. The van der Waals surface area contributed by atoms with Gasteiger partial charge in [-0.3, -0.25) is 4.79 Å². The molecule has 5 heteroatoms. The van der Waals surface area contributed by atoms with Gasteiger partial charge in [-0.25, -0.2) is 0 Å². The summed E-state index contributed by atoms with van der Waals surface area (Å²) in [6, 6.07) is -0.501. The first-order valence-corrected chi connectivity index (χ1v) is 4.88. The van der Waals surface area contributed by atoms with Crippen molar-refractivity contribution in [2.45, 2.75) is 33.1 Å². The van der Waals surface area contributed by atoms with Gasteiger partial charge in [0.25, 0.3) is 0 Å². The van der Waals surface area contributed by atoms with Crippen molar-refractivity contribution >= 4 is 5.91 Å². The Bertz CT molecular complexity index is 156. The molecule has 0 saturated carbocycles. The van der Waals surface area contributed by atoms with E-state index in [1.807, 2.05) is 13.8 Å². The zero-order valence-electron chi connectivity index (χ0n) is 9.08. The van der Waals surface area contributed by atoms with Gasteiger partial charge in [-0.05, 0) is 20.8 Å². The molecule has 0 unspecified atom stereocenters. The molecule has 0 aromatic carbocycles. The molecule has 0 aliphatic heterocycles. The van der Waals surface area contributed by atoms with Crippen LogP contribution in [0.2, 0.25) is 0 Å². The molecule has 0 aromatic heterocycles. The smallest absolute Gasteiger partial charge is 0.236 e. The molecule has 0 heterocycles. The lowest BCUT2D eigenvalue weighted by Crippen LogP contribution is -2.43. The van der Waals surface area contributed by atoms with Crippen LogP contribution in [0.4, 0.5) is 0 Å². The van der Waals surface area contributed by atoms with E-state index in [0.29, 0.717) is 19.8 Å². The monoisotopic (exact) mass is 204 g/mol. The molecule has 0 aromatic rings. The van der Waals surface area contributed by atoms with E-state index >= 15 is 0 Å². The van der Waals surface area contributed by atoms with Crippen molar-refractivity contribution in [3.63, 3.8) is 0 Å². The number of ether oxygens (including phenoxy) is 2. The third-order valence-electron chi connectivity index (χ3n) is 1.56. The average Bonchev–Trinajstić information content (AvgIpc) is 2.14. The van der Waals surface area contributed by atoms with Gasteiger partial charge in [-0.15, -0.1) is 0 Å². The Morgan fingerprint density at radius 2 is 1.86 bits per heavy atom. The highest BCUT2D eigenvalue weighted by Crippen LogP contribution is 1.93. The third-order valence-corrected chi connectivity index (χ3v) is 1.56. The molecule has 0 fully saturated rings. The normalized spacial score (nSPS) is 12.9. The second-order valence-corrected chi connectivity index (χ2v) is 2.87. The van der Waals surface area contributed by atoms with Gasteiger partial charge in [0.15, 0.2) is 6.29 Å². The highest BCUT2D eigenvalue weighted by Gasteiger charge is 2.11. The van der Waals surface area contributed by atoms with Crippen LogP contribution >= 0.6 is 0 Å². The Morgan fingerprint density at radius 1 is 1.36 bits per heavy atom. The molecule has 0 aliphatic rings. The molecule has 84 valence electrons. The van der Waals surface area contributed by atoms with Crippen LogP contribution in [0.3, 0.4) is 0 Å². The van der Waals surface area contributed by atoms with Crippen LogP contribution in [0.5, 0.6) is 0 Å². The fraction of sp³-hybridized carbons (Fsp3) is 0.889. The Balaban J connectivity index is 3.74. The fourth-order valence-corrected chi connectivity index (χ4v) is 0.883. The van der Waals surface area contributed by atoms with Gasteiger partial charge in [0.2, 0.25) is 5.91 Å². The Kier molecular flexibility index (Phi) is 7.37. The van der Waals surface area contributed by atoms with Gasteiger partial charge < -0.3 is 20.5 Å². The molecule has 0 aliphatic carbocycles. The van der Waals surface area contributed by atoms with Crippen LogP contribution in [-0.4, -0.2) is 38.0 Å². The Morgan fingerprint density at radius 3 is 2.21 bits per heavy atom. The van der Waals surface area contributed by atoms with Crippen molar-refractivity contribution in [2.75, 3.05) is 19.8 Å². The van der Waals surface area contributed by atoms with Gasteiger partial charge in [0.1, 0.15) is 0 Å². The van der Waals surface area contributed by atoms with E-state index in [1.54, 1.807) is 6.92 Å². The van der Waals surface area contributed by atoms with E-state index in [-0.39, 0.29) is 12.2 Å². The van der Waals surface area contributed by atoms with Gasteiger partial charge in [0.05, 0.1) is 12.6 Å². The summed E-state index contributed by atoms with van der Waals surface area (Å²) in [6.07, 6.45) is -0.382. The second-order valence-electron chi connectivity index (χ2n) is 2.87.